The zero-order valence-corrected chi connectivity index (χ0v) is 11.7. The molecule has 3 rings (SSSR count). The first kappa shape index (κ1) is 12.6. The van der Waals surface area contributed by atoms with Crippen LogP contribution in [0.2, 0.25) is 0 Å². The Morgan fingerprint density at radius 3 is 2.40 bits per heavy atom. The van der Waals surface area contributed by atoms with Crippen molar-refractivity contribution in [2.24, 2.45) is 0 Å². The van der Waals surface area contributed by atoms with E-state index in [-0.39, 0.29) is 5.75 Å². The summed E-state index contributed by atoms with van der Waals surface area (Å²) in [5.41, 5.74) is 3.63. The van der Waals surface area contributed by atoms with Gasteiger partial charge in [0.15, 0.2) is 0 Å². The van der Waals surface area contributed by atoms with Crippen molar-refractivity contribution in [2.75, 3.05) is 7.11 Å². The van der Waals surface area contributed by atoms with Gasteiger partial charge in [-0.05, 0) is 49.7 Å². The second-order valence-electron chi connectivity index (χ2n) is 4.92. The molecule has 102 valence electrons. The van der Waals surface area contributed by atoms with Crippen LogP contribution < -0.4 is 4.74 Å². The zero-order valence-electron chi connectivity index (χ0n) is 11.7. The molecule has 0 unspecified atom stereocenters. The van der Waals surface area contributed by atoms with E-state index in [9.17, 15) is 5.11 Å². The van der Waals surface area contributed by atoms with Crippen molar-refractivity contribution in [2.45, 2.75) is 13.8 Å². The number of rotatable bonds is 2. The Labute approximate surface area is 117 Å². The summed E-state index contributed by atoms with van der Waals surface area (Å²) in [6, 6.07) is 11.4. The highest BCUT2D eigenvalue weighted by Gasteiger charge is 2.14. The summed E-state index contributed by atoms with van der Waals surface area (Å²) in [6.07, 6.45) is 0. The van der Waals surface area contributed by atoms with Crippen LogP contribution in [0.3, 0.4) is 0 Å². The summed E-state index contributed by atoms with van der Waals surface area (Å²) in [6.45, 7) is 3.91. The lowest BCUT2D eigenvalue weighted by molar-refractivity contribution is 0.415. The topological polar surface area (TPSA) is 42.6 Å². The maximum absolute atomic E-state index is 9.78. The van der Waals surface area contributed by atoms with Crippen LogP contribution in [-0.2, 0) is 0 Å². The van der Waals surface area contributed by atoms with Crippen molar-refractivity contribution in [1.29, 1.82) is 0 Å². The molecule has 3 heteroatoms. The summed E-state index contributed by atoms with van der Waals surface area (Å²) in [5, 5.41) is 10.8. The molecule has 1 heterocycles. The molecule has 3 nitrogen and oxygen atoms in total. The number of furan rings is 1. The van der Waals surface area contributed by atoms with Crippen LogP contribution in [0.4, 0.5) is 0 Å². The molecular formula is C17H16O3. The molecule has 0 bridgehead atoms. The fourth-order valence-electron chi connectivity index (χ4n) is 2.38. The largest absolute Gasteiger partial charge is 0.508 e. The van der Waals surface area contributed by atoms with Crippen LogP contribution in [0.1, 0.15) is 11.1 Å². The number of ether oxygens (including phenoxy) is 1. The van der Waals surface area contributed by atoms with E-state index in [0.29, 0.717) is 5.58 Å². The van der Waals surface area contributed by atoms with Crippen molar-refractivity contribution in [3.63, 3.8) is 0 Å². The Bertz CT molecular complexity index is 767. The SMILES string of the molecule is COc1ccc(-c2oc3cc(O)c(C)cc3c2C)cc1. The van der Waals surface area contributed by atoms with Crippen molar-refractivity contribution in [3.8, 4) is 22.8 Å². The van der Waals surface area contributed by atoms with Gasteiger partial charge >= 0.3 is 0 Å². The minimum atomic E-state index is 0.257. The summed E-state index contributed by atoms with van der Waals surface area (Å²) in [5.74, 6) is 1.90. The molecule has 20 heavy (non-hydrogen) atoms. The van der Waals surface area contributed by atoms with Gasteiger partial charge in [0.2, 0.25) is 0 Å². The molecule has 0 amide bonds. The zero-order chi connectivity index (χ0) is 14.3. The molecule has 2 aromatic carbocycles. The van der Waals surface area contributed by atoms with E-state index in [4.69, 9.17) is 9.15 Å². The number of fused-ring (bicyclic) bond motifs is 1. The summed E-state index contributed by atoms with van der Waals surface area (Å²) >= 11 is 0. The van der Waals surface area contributed by atoms with Crippen molar-refractivity contribution >= 4 is 11.0 Å². The Balaban J connectivity index is 2.18. The molecule has 0 aliphatic rings. The van der Waals surface area contributed by atoms with Crippen molar-refractivity contribution < 1.29 is 14.3 Å². The van der Waals surface area contributed by atoms with E-state index in [0.717, 1.165) is 33.6 Å². The van der Waals surface area contributed by atoms with E-state index in [1.807, 2.05) is 44.2 Å². The van der Waals surface area contributed by atoms with E-state index in [1.54, 1.807) is 13.2 Å². The fraction of sp³-hybridized carbons (Fsp3) is 0.176. The van der Waals surface area contributed by atoms with Gasteiger partial charge in [0.1, 0.15) is 22.8 Å². The number of methoxy groups -OCH3 is 1. The first-order valence-electron chi connectivity index (χ1n) is 6.47. The summed E-state index contributed by atoms with van der Waals surface area (Å²) < 4.78 is 11.1. The predicted octanol–water partition coefficient (Wildman–Crippen LogP) is 4.43. The molecule has 1 aromatic heterocycles. The van der Waals surface area contributed by atoms with Gasteiger partial charge in [-0.15, -0.1) is 0 Å². The normalized spacial score (nSPS) is 10.9. The maximum Gasteiger partial charge on any atom is 0.138 e. The molecule has 0 aliphatic heterocycles. The van der Waals surface area contributed by atoms with Gasteiger partial charge in [-0.1, -0.05) is 0 Å². The lowest BCUT2D eigenvalue weighted by Gasteiger charge is -2.01. The molecule has 0 saturated carbocycles. The molecule has 0 radical (unpaired) electrons. The standard InChI is InChI=1S/C17H16O3/c1-10-8-14-11(2)17(20-16(14)9-15(10)18)12-4-6-13(19-3)7-5-12/h4-9,18H,1-3H3. The minimum absolute atomic E-state index is 0.257. The van der Waals surface area contributed by atoms with Gasteiger partial charge in [-0.25, -0.2) is 0 Å². The smallest absolute Gasteiger partial charge is 0.138 e. The summed E-state index contributed by atoms with van der Waals surface area (Å²) in [4.78, 5) is 0. The number of hydrogen-bond donors (Lipinski definition) is 1. The Kier molecular flexibility index (Phi) is 2.90. The average Bonchev–Trinajstić information content (AvgIpc) is 2.77. The third-order valence-electron chi connectivity index (χ3n) is 3.61. The van der Waals surface area contributed by atoms with Crippen molar-refractivity contribution in [1.82, 2.24) is 0 Å². The molecule has 3 aromatic rings. The Morgan fingerprint density at radius 1 is 1.05 bits per heavy atom. The first-order chi connectivity index (χ1) is 9.60. The average molecular weight is 268 g/mol. The molecule has 0 saturated heterocycles. The second kappa shape index (κ2) is 4.60. The minimum Gasteiger partial charge on any atom is -0.508 e. The van der Waals surface area contributed by atoms with Gasteiger partial charge in [0, 0.05) is 22.6 Å². The Hall–Kier alpha value is -2.42. The lowest BCUT2D eigenvalue weighted by atomic mass is 10.1. The van der Waals surface area contributed by atoms with Crippen LogP contribution in [-0.4, -0.2) is 12.2 Å². The first-order valence-corrected chi connectivity index (χ1v) is 6.47. The third kappa shape index (κ3) is 1.92. The highest BCUT2D eigenvalue weighted by molar-refractivity contribution is 5.89. The van der Waals surface area contributed by atoms with Crippen LogP contribution in [0, 0.1) is 13.8 Å². The highest BCUT2D eigenvalue weighted by atomic mass is 16.5. The van der Waals surface area contributed by atoms with Gasteiger partial charge < -0.3 is 14.3 Å². The van der Waals surface area contributed by atoms with Crippen LogP contribution in [0.25, 0.3) is 22.3 Å². The molecule has 0 fully saturated rings. The fourth-order valence-corrected chi connectivity index (χ4v) is 2.38. The van der Waals surface area contributed by atoms with Crippen molar-refractivity contribution in [3.05, 3.63) is 47.5 Å². The molecule has 1 N–H and O–H groups in total. The van der Waals surface area contributed by atoms with Gasteiger partial charge in [0.05, 0.1) is 7.11 Å². The van der Waals surface area contributed by atoms with Gasteiger partial charge in [0.25, 0.3) is 0 Å². The number of aryl methyl sites for hydroxylation is 2. The van der Waals surface area contributed by atoms with E-state index in [2.05, 4.69) is 0 Å². The lowest BCUT2D eigenvalue weighted by Crippen LogP contribution is -1.82. The summed E-state index contributed by atoms with van der Waals surface area (Å²) in [7, 11) is 1.65. The monoisotopic (exact) mass is 268 g/mol. The Morgan fingerprint density at radius 2 is 1.75 bits per heavy atom. The van der Waals surface area contributed by atoms with Crippen LogP contribution in [0.5, 0.6) is 11.5 Å². The number of hydrogen-bond acceptors (Lipinski definition) is 3. The second-order valence-corrected chi connectivity index (χ2v) is 4.92. The van der Waals surface area contributed by atoms with Crippen LogP contribution >= 0.6 is 0 Å². The predicted molar refractivity (Wildman–Crippen MR) is 79.3 cm³/mol. The number of phenols is 1. The molecule has 0 atom stereocenters. The maximum atomic E-state index is 9.78. The number of aromatic hydroxyl groups is 1. The van der Waals surface area contributed by atoms with Gasteiger partial charge in [-0.2, -0.15) is 0 Å². The van der Waals surface area contributed by atoms with E-state index in [1.165, 1.54) is 0 Å². The number of benzene rings is 2. The quantitative estimate of drug-likeness (QED) is 0.747. The molecule has 0 spiro atoms. The van der Waals surface area contributed by atoms with E-state index >= 15 is 0 Å². The number of phenolic OH excluding ortho intramolecular Hbond substituents is 1. The third-order valence-corrected chi connectivity index (χ3v) is 3.61. The van der Waals surface area contributed by atoms with Crippen LogP contribution in [0.15, 0.2) is 40.8 Å². The van der Waals surface area contributed by atoms with E-state index < -0.39 is 0 Å². The molecule has 0 aliphatic carbocycles. The molecular weight excluding hydrogens is 252 g/mol. The van der Waals surface area contributed by atoms with Gasteiger partial charge in [-0.3, -0.25) is 0 Å². The highest BCUT2D eigenvalue weighted by Crippen LogP contribution is 2.36.